The molecule has 0 saturated carbocycles. The third-order valence-electron chi connectivity index (χ3n) is 2.31. The molecule has 0 radical (unpaired) electrons. The number of benzene rings is 2. The lowest BCUT2D eigenvalue weighted by atomic mass is 10.2. The van der Waals surface area contributed by atoms with Crippen molar-refractivity contribution in [3.8, 4) is 5.75 Å². The highest BCUT2D eigenvalue weighted by Crippen LogP contribution is 2.29. The van der Waals surface area contributed by atoms with Gasteiger partial charge in [-0.2, -0.15) is 5.11 Å². The van der Waals surface area contributed by atoms with Gasteiger partial charge in [0.05, 0.1) is 16.3 Å². The van der Waals surface area contributed by atoms with E-state index in [-0.39, 0.29) is 16.3 Å². The van der Waals surface area contributed by atoms with Crippen molar-refractivity contribution >= 4 is 28.9 Å². The molecule has 96 valence electrons. The van der Waals surface area contributed by atoms with Gasteiger partial charge in [0.1, 0.15) is 5.69 Å². The van der Waals surface area contributed by atoms with E-state index < -0.39 is 5.97 Å². The number of carbonyl (C=O) groups is 1. The van der Waals surface area contributed by atoms with Crippen LogP contribution in [0.2, 0.25) is 5.02 Å². The summed E-state index contributed by atoms with van der Waals surface area (Å²) < 4.78 is 0. The van der Waals surface area contributed by atoms with Gasteiger partial charge < -0.3 is 10.2 Å². The Hall–Kier alpha value is -2.40. The van der Waals surface area contributed by atoms with Gasteiger partial charge in [0, 0.05) is 0 Å². The monoisotopic (exact) mass is 275 g/mol. The van der Waals surface area contributed by atoms with E-state index in [1.165, 1.54) is 42.5 Å². The topological polar surface area (TPSA) is 85.1 Å². The van der Waals surface area contributed by atoms with Crippen LogP contribution in [0.15, 0.2) is 52.7 Å². The van der Waals surface area contributed by atoms with Crippen LogP contribution in [-0.4, -0.2) is 11.1 Å². The molecule has 19 heavy (non-hydrogen) atoms. The lowest BCUT2D eigenvalue weighted by Crippen LogP contribution is -1.93. The molecule has 0 amide bonds. The second-order valence-corrected chi connectivity index (χ2v) is 4.07. The second-order valence-electron chi connectivity index (χ2n) is 3.67. The van der Waals surface area contributed by atoms with Crippen molar-refractivity contribution in [2.75, 3.05) is 0 Å². The van der Waals surface area contributed by atoms with Gasteiger partial charge in [0.25, 0.3) is 0 Å². The van der Waals surface area contributed by atoms with E-state index in [2.05, 4.69) is 10.2 Å². The molecule has 0 fully saturated rings. The van der Waals surface area contributed by atoms with Crippen LogP contribution in [0.5, 0.6) is 5.75 Å². The first kappa shape index (κ1) is 13.0. The molecule has 0 atom stereocenters. The van der Waals surface area contributed by atoms with Crippen LogP contribution >= 0.6 is 11.6 Å². The van der Waals surface area contributed by atoms with Crippen LogP contribution in [0, 0.1) is 0 Å². The Kier molecular flexibility index (Phi) is 3.77. The van der Waals surface area contributed by atoms with Gasteiger partial charge in [-0.05, 0) is 36.4 Å². The molecule has 2 rings (SSSR count). The molecule has 0 bridgehead atoms. The minimum atomic E-state index is -1.00. The molecule has 0 aliphatic rings. The fraction of sp³-hybridized carbons (Fsp3) is 0. The van der Waals surface area contributed by atoms with Gasteiger partial charge in [-0.15, -0.1) is 10.9 Å². The molecular formula is C13H8ClN2O3-. The summed E-state index contributed by atoms with van der Waals surface area (Å²) in [6.45, 7) is 0. The van der Waals surface area contributed by atoms with Crippen molar-refractivity contribution in [1.29, 1.82) is 0 Å². The van der Waals surface area contributed by atoms with E-state index in [0.717, 1.165) is 0 Å². The summed E-state index contributed by atoms with van der Waals surface area (Å²) in [5.74, 6) is -1.20. The Morgan fingerprint density at radius 1 is 1.11 bits per heavy atom. The SMILES string of the molecule is O=C(O)c1ccc(N=Nc2ccc([O-])cc2Cl)cc1. The summed E-state index contributed by atoms with van der Waals surface area (Å²) in [5, 5.41) is 27.8. The molecule has 1 N–H and O–H groups in total. The van der Waals surface area contributed by atoms with Crippen molar-refractivity contribution in [1.82, 2.24) is 0 Å². The number of aromatic carboxylic acids is 1. The lowest BCUT2D eigenvalue weighted by molar-refractivity contribution is -0.268. The average Bonchev–Trinajstić information content (AvgIpc) is 2.38. The summed E-state index contributed by atoms with van der Waals surface area (Å²) in [4.78, 5) is 10.7. The number of hydrogen-bond acceptors (Lipinski definition) is 4. The molecular weight excluding hydrogens is 268 g/mol. The molecule has 0 aliphatic heterocycles. The highest BCUT2D eigenvalue weighted by Gasteiger charge is 2.01. The standard InChI is InChI=1S/C13H9ClN2O3/c14-11-7-10(17)5-6-12(11)16-15-9-3-1-8(2-4-9)13(18)19/h1-7,17H,(H,18,19)/p-1. The molecule has 5 nitrogen and oxygen atoms in total. The smallest absolute Gasteiger partial charge is 0.335 e. The maximum Gasteiger partial charge on any atom is 0.335 e. The van der Waals surface area contributed by atoms with Crippen molar-refractivity contribution in [2.24, 2.45) is 10.2 Å². The highest BCUT2D eigenvalue weighted by atomic mass is 35.5. The number of halogens is 1. The van der Waals surface area contributed by atoms with E-state index in [4.69, 9.17) is 16.7 Å². The number of carboxylic acid groups (broad SMARTS) is 1. The number of hydrogen-bond donors (Lipinski definition) is 1. The fourth-order valence-electron chi connectivity index (χ4n) is 1.35. The van der Waals surface area contributed by atoms with Gasteiger partial charge in [-0.3, -0.25) is 0 Å². The number of carboxylic acids is 1. The van der Waals surface area contributed by atoms with Gasteiger partial charge in [0.15, 0.2) is 0 Å². The van der Waals surface area contributed by atoms with Crippen LogP contribution in [0.4, 0.5) is 11.4 Å². The zero-order chi connectivity index (χ0) is 13.8. The summed E-state index contributed by atoms with van der Waals surface area (Å²) in [6, 6.07) is 9.99. The fourth-order valence-corrected chi connectivity index (χ4v) is 1.56. The second kappa shape index (κ2) is 5.49. The molecule has 0 spiro atoms. The Balaban J connectivity index is 2.20. The van der Waals surface area contributed by atoms with E-state index in [1.54, 1.807) is 0 Å². The predicted molar refractivity (Wildman–Crippen MR) is 68.5 cm³/mol. The largest absolute Gasteiger partial charge is 0.872 e. The van der Waals surface area contributed by atoms with Gasteiger partial charge in [0.2, 0.25) is 0 Å². The number of rotatable bonds is 3. The quantitative estimate of drug-likeness (QED) is 0.870. The van der Waals surface area contributed by atoms with Crippen molar-refractivity contribution in [3.05, 3.63) is 53.1 Å². The summed E-state index contributed by atoms with van der Waals surface area (Å²) >= 11 is 5.83. The Morgan fingerprint density at radius 2 is 1.79 bits per heavy atom. The molecule has 2 aromatic carbocycles. The van der Waals surface area contributed by atoms with Crippen molar-refractivity contribution in [3.63, 3.8) is 0 Å². The maximum atomic E-state index is 11.0. The molecule has 0 saturated heterocycles. The minimum Gasteiger partial charge on any atom is -0.872 e. The van der Waals surface area contributed by atoms with Crippen LogP contribution in [-0.2, 0) is 0 Å². The van der Waals surface area contributed by atoms with Crippen LogP contribution in [0.3, 0.4) is 0 Å². The van der Waals surface area contributed by atoms with Crippen molar-refractivity contribution in [2.45, 2.75) is 0 Å². The minimum absolute atomic E-state index is 0.174. The van der Waals surface area contributed by atoms with Gasteiger partial charge in [-0.1, -0.05) is 17.7 Å². The Labute approximate surface area is 113 Å². The molecule has 0 aromatic heterocycles. The summed E-state index contributed by atoms with van der Waals surface area (Å²) in [7, 11) is 0. The first-order valence-electron chi connectivity index (χ1n) is 5.28. The van der Waals surface area contributed by atoms with E-state index in [0.29, 0.717) is 11.4 Å². The lowest BCUT2D eigenvalue weighted by Gasteiger charge is -2.05. The van der Waals surface area contributed by atoms with Gasteiger partial charge in [-0.25, -0.2) is 4.79 Å². The van der Waals surface area contributed by atoms with E-state index in [1.807, 2.05) is 0 Å². The normalized spacial score (nSPS) is 10.8. The molecule has 0 heterocycles. The zero-order valence-electron chi connectivity index (χ0n) is 9.58. The first-order chi connectivity index (χ1) is 9.06. The molecule has 0 aliphatic carbocycles. The van der Waals surface area contributed by atoms with Gasteiger partial charge >= 0.3 is 5.97 Å². The Morgan fingerprint density at radius 3 is 2.37 bits per heavy atom. The summed E-state index contributed by atoms with van der Waals surface area (Å²) in [5.41, 5.74) is 1.04. The zero-order valence-corrected chi connectivity index (χ0v) is 10.3. The molecule has 0 unspecified atom stereocenters. The third-order valence-corrected chi connectivity index (χ3v) is 2.61. The summed E-state index contributed by atoms with van der Waals surface area (Å²) in [6.07, 6.45) is 0. The predicted octanol–water partition coefficient (Wildman–Crippen LogP) is 3.53. The molecule has 6 heteroatoms. The Bertz CT molecular complexity index is 639. The van der Waals surface area contributed by atoms with Crippen molar-refractivity contribution < 1.29 is 15.0 Å². The van der Waals surface area contributed by atoms with Crippen LogP contribution in [0.25, 0.3) is 0 Å². The highest BCUT2D eigenvalue weighted by molar-refractivity contribution is 6.33. The van der Waals surface area contributed by atoms with E-state index >= 15 is 0 Å². The van der Waals surface area contributed by atoms with E-state index in [9.17, 15) is 9.90 Å². The first-order valence-corrected chi connectivity index (χ1v) is 5.66. The van der Waals surface area contributed by atoms with Crippen LogP contribution < -0.4 is 5.11 Å². The number of nitrogens with zero attached hydrogens (tertiary/aromatic N) is 2. The molecule has 2 aromatic rings. The average molecular weight is 276 g/mol. The van der Waals surface area contributed by atoms with Crippen LogP contribution in [0.1, 0.15) is 10.4 Å². The third kappa shape index (κ3) is 3.29. The number of azo groups is 1. The maximum absolute atomic E-state index is 11.0.